The van der Waals surface area contributed by atoms with Gasteiger partial charge in [0.05, 0.1) is 0 Å². The molecule has 1 atom stereocenters. The summed E-state index contributed by atoms with van der Waals surface area (Å²) >= 11 is 0. The summed E-state index contributed by atoms with van der Waals surface area (Å²) in [6.07, 6.45) is 4.67. The maximum absolute atomic E-state index is 12.8. The smallest absolute Gasteiger partial charge is 0.280 e. The zero-order valence-corrected chi connectivity index (χ0v) is 15.3. The van der Waals surface area contributed by atoms with E-state index in [-0.39, 0.29) is 6.54 Å². The minimum atomic E-state index is -3.67. The van der Waals surface area contributed by atoms with Gasteiger partial charge in [-0.2, -0.15) is 22.4 Å². The van der Waals surface area contributed by atoms with Crippen LogP contribution in [-0.2, 0) is 16.8 Å². The normalized spacial score (nSPS) is 18.0. The Morgan fingerprint density at radius 3 is 2.70 bits per heavy atom. The van der Waals surface area contributed by atoms with E-state index in [1.807, 2.05) is 30.3 Å². The van der Waals surface area contributed by atoms with Crippen LogP contribution in [0.4, 0.5) is 0 Å². The lowest BCUT2D eigenvalue weighted by Crippen LogP contribution is -2.40. The Bertz CT molecular complexity index is 992. The highest BCUT2D eigenvalue weighted by Crippen LogP contribution is 2.33. The van der Waals surface area contributed by atoms with E-state index < -0.39 is 16.3 Å². The van der Waals surface area contributed by atoms with Gasteiger partial charge in [0.25, 0.3) is 10.2 Å². The zero-order chi connectivity index (χ0) is 18.7. The maximum Gasteiger partial charge on any atom is 0.280 e. The topological polar surface area (TPSA) is 101 Å². The molecular formula is C18H19N5O3S. The van der Waals surface area contributed by atoms with Gasteiger partial charge in [-0.25, -0.2) is 0 Å². The number of pyridine rings is 1. The van der Waals surface area contributed by atoms with Crippen molar-refractivity contribution in [2.75, 3.05) is 6.54 Å². The molecule has 0 spiro atoms. The molecule has 1 saturated heterocycles. The fraction of sp³-hybridized carbons (Fsp3) is 0.278. The average Bonchev–Trinajstić information content (AvgIpc) is 3.38. The second-order valence-electron chi connectivity index (χ2n) is 6.27. The second-order valence-corrected chi connectivity index (χ2v) is 7.98. The Labute approximate surface area is 157 Å². The summed E-state index contributed by atoms with van der Waals surface area (Å²) in [5.41, 5.74) is 1.67. The average molecular weight is 385 g/mol. The molecule has 9 heteroatoms. The fourth-order valence-electron chi connectivity index (χ4n) is 3.12. The number of nitrogens with zero attached hydrogens (tertiary/aromatic N) is 4. The lowest BCUT2D eigenvalue weighted by Gasteiger charge is -2.21. The van der Waals surface area contributed by atoms with Crippen molar-refractivity contribution in [3.05, 3.63) is 66.3 Å². The number of nitrogens with one attached hydrogen (secondary N) is 1. The summed E-state index contributed by atoms with van der Waals surface area (Å²) in [6.45, 7) is 0.653. The second kappa shape index (κ2) is 7.55. The van der Waals surface area contributed by atoms with Crippen LogP contribution in [0.3, 0.4) is 0 Å². The third kappa shape index (κ3) is 3.90. The minimum Gasteiger partial charge on any atom is -0.337 e. The van der Waals surface area contributed by atoms with E-state index in [2.05, 4.69) is 19.8 Å². The molecule has 8 nitrogen and oxygen atoms in total. The summed E-state index contributed by atoms with van der Waals surface area (Å²) in [4.78, 5) is 8.37. The van der Waals surface area contributed by atoms with Gasteiger partial charge in [0, 0.05) is 31.0 Å². The molecule has 0 saturated carbocycles. The number of hydrogen-bond donors (Lipinski definition) is 1. The van der Waals surface area contributed by atoms with Crippen molar-refractivity contribution >= 4 is 10.2 Å². The molecule has 27 heavy (non-hydrogen) atoms. The molecule has 1 aromatic carbocycles. The Hall–Kier alpha value is -2.62. The van der Waals surface area contributed by atoms with Crippen molar-refractivity contribution in [3.8, 4) is 11.4 Å². The van der Waals surface area contributed by atoms with E-state index in [0.717, 1.165) is 17.5 Å². The van der Waals surface area contributed by atoms with Gasteiger partial charge in [-0.3, -0.25) is 4.98 Å². The van der Waals surface area contributed by atoms with Gasteiger partial charge >= 0.3 is 0 Å². The van der Waals surface area contributed by atoms with Gasteiger partial charge in [-0.1, -0.05) is 35.5 Å². The van der Waals surface area contributed by atoms with E-state index >= 15 is 0 Å². The van der Waals surface area contributed by atoms with Crippen molar-refractivity contribution in [2.24, 2.45) is 0 Å². The van der Waals surface area contributed by atoms with Crippen molar-refractivity contribution in [1.29, 1.82) is 0 Å². The van der Waals surface area contributed by atoms with Crippen LogP contribution in [0.2, 0.25) is 0 Å². The molecule has 0 amide bonds. The van der Waals surface area contributed by atoms with Crippen molar-refractivity contribution < 1.29 is 12.9 Å². The molecule has 1 aliphatic rings. The quantitative estimate of drug-likeness (QED) is 0.699. The summed E-state index contributed by atoms with van der Waals surface area (Å²) in [5, 5.41) is 3.99. The first-order valence-corrected chi connectivity index (χ1v) is 10.1. The molecule has 1 fully saturated rings. The van der Waals surface area contributed by atoms with Crippen LogP contribution in [-0.4, -0.2) is 34.4 Å². The molecule has 3 aromatic rings. The van der Waals surface area contributed by atoms with Gasteiger partial charge in [0.1, 0.15) is 6.04 Å². The predicted molar refractivity (Wildman–Crippen MR) is 98.4 cm³/mol. The molecular weight excluding hydrogens is 366 g/mol. The summed E-state index contributed by atoms with van der Waals surface area (Å²) < 4.78 is 35.0. The van der Waals surface area contributed by atoms with Crippen LogP contribution < -0.4 is 4.72 Å². The van der Waals surface area contributed by atoms with Crippen LogP contribution in [0.5, 0.6) is 0 Å². The van der Waals surface area contributed by atoms with Gasteiger partial charge in [-0.05, 0) is 30.5 Å². The largest absolute Gasteiger partial charge is 0.337 e. The standard InChI is InChI=1S/C18H19N5O3S/c24-27(25,20-13-14-5-2-1-3-6-14)23-12-4-7-16(23)18-21-17(22-26-18)15-8-10-19-11-9-15/h1-3,5-6,8-11,16,20H,4,7,12-13H2. The van der Waals surface area contributed by atoms with Gasteiger partial charge < -0.3 is 4.52 Å². The fourth-order valence-corrected chi connectivity index (χ4v) is 4.53. The lowest BCUT2D eigenvalue weighted by molar-refractivity contribution is 0.288. The molecule has 0 radical (unpaired) electrons. The first-order chi connectivity index (χ1) is 13.1. The number of aromatic nitrogens is 3. The summed E-state index contributed by atoms with van der Waals surface area (Å²) in [6, 6.07) is 12.5. The molecule has 0 aliphatic carbocycles. The van der Waals surface area contributed by atoms with Gasteiger partial charge in [0.15, 0.2) is 0 Å². The van der Waals surface area contributed by atoms with Crippen molar-refractivity contribution in [1.82, 2.24) is 24.2 Å². The summed E-state index contributed by atoms with van der Waals surface area (Å²) in [7, 11) is -3.67. The van der Waals surface area contributed by atoms with E-state index in [0.29, 0.717) is 24.7 Å². The van der Waals surface area contributed by atoms with E-state index in [9.17, 15) is 8.42 Å². The SMILES string of the molecule is O=S(=O)(NCc1ccccc1)N1CCCC1c1nc(-c2ccncc2)no1. The van der Waals surface area contributed by atoms with Gasteiger partial charge in [0.2, 0.25) is 11.7 Å². The van der Waals surface area contributed by atoms with Crippen LogP contribution >= 0.6 is 0 Å². The molecule has 140 valence electrons. The van der Waals surface area contributed by atoms with E-state index in [1.165, 1.54) is 4.31 Å². The predicted octanol–water partition coefficient (Wildman–Crippen LogP) is 2.30. The molecule has 1 unspecified atom stereocenters. The Morgan fingerprint density at radius 2 is 1.93 bits per heavy atom. The third-order valence-corrected chi connectivity index (χ3v) is 6.04. The van der Waals surface area contributed by atoms with Crippen LogP contribution in [0.15, 0.2) is 59.4 Å². The first kappa shape index (κ1) is 17.8. The summed E-state index contributed by atoms with van der Waals surface area (Å²) in [5.74, 6) is 0.735. The van der Waals surface area contributed by atoms with Crippen molar-refractivity contribution in [3.63, 3.8) is 0 Å². The van der Waals surface area contributed by atoms with Crippen LogP contribution in [0.1, 0.15) is 30.3 Å². The monoisotopic (exact) mass is 385 g/mol. The molecule has 1 N–H and O–H groups in total. The lowest BCUT2D eigenvalue weighted by atomic mass is 10.2. The van der Waals surface area contributed by atoms with Crippen LogP contribution in [0, 0.1) is 0 Å². The number of rotatable bonds is 6. The van der Waals surface area contributed by atoms with Crippen LogP contribution in [0.25, 0.3) is 11.4 Å². The first-order valence-electron chi connectivity index (χ1n) is 8.68. The highest BCUT2D eigenvalue weighted by molar-refractivity contribution is 7.87. The van der Waals surface area contributed by atoms with E-state index in [4.69, 9.17) is 4.52 Å². The third-order valence-electron chi connectivity index (χ3n) is 4.48. The Kier molecular flexibility index (Phi) is 4.97. The maximum atomic E-state index is 12.8. The van der Waals surface area contributed by atoms with E-state index in [1.54, 1.807) is 24.5 Å². The molecule has 1 aliphatic heterocycles. The molecule has 2 aromatic heterocycles. The highest BCUT2D eigenvalue weighted by atomic mass is 32.2. The molecule has 4 rings (SSSR count). The van der Waals surface area contributed by atoms with Crippen molar-refractivity contribution in [2.45, 2.75) is 25.4 Å². The number of hydrogen-bond acceptors (Lipinski definition) is 6. The number of benzene rings is 1. The zero-order valence-electron chi connectivity index (χ0n) is 14.5. The molecule has 0 bridgehead atoms. The Morgan fingerprint density at radius 1 is 1.15 bits per heavy atom. The highest BCUT2D eigenvalue weighted by Gasteiger charge is 2.38. The molecule has 3 heterocycles. The van der Waals surface area contributed by atoms with Gasteiger partial charge in [-0.15, -0.1) is 0 Å². The Balaban J connectivity index is 1.51. The minimum absolute atomic E-state index is 0.235.